The zero-order chi connectivity index (χ0) is 19.2. The van der Waals surface area contributed by atoms with Gasteiger partial charge in [0.1, 0.15) is 0 Å². The van der Waals surface area contributed by atoms with Gasteiger partial charge in [-0.15, -0.1) is 5.10 Å². The number of nitrogens with zero attached hydrogens (tertiary/aromatic N) is 4. The van der Waals surface area contributed by atoms with E-state index in [4.69, 9.17) is 0 Å². The monoisotopic (exact) mass is 376 g/mol. The van der Waals surface area contributed by atoms with Crippen LogP contribution in [0.4, 0.5) is 0 Å². The molecule has 1 amide bonds. The summed E-state index contributed by atoms with van der Waals surface area (Å²) in [6.45, 7) is 11.5. The summed E-state index contributed by atoms with van der Waals surface area (Å²) in [6.07, 6.45) is 6.92. The third-order valence-electron chi connectivity index (χ3n) is 6.47. The first-order valence-electron chi connectivity index (χ1n) is 10.8. The van der Waals surface area contributed by atoms with Crippen molar-refractivity contribution in [2.75, 3.05) is 32.7 Å². The van der Waals surface area contributed by atoms with Crippen LogP contribution in [0.2, 0.25) is 0 Å². The Balaban J connectivity index is 1.64. The van der Waals surface area contributed by atoms with Gasteiger partial charge >= 0.3 is 0 Å². The maximum absolute atomic E-state index is 12.8. The van der Waals surface area contributed by atoms with Gasteiger partial charge in [0.25, 0.3) is 5.91 Å². The Bertz CT molecular complexity index is 598. The number of carbonyl (C=O) groups excluding carboxylic acids is 1. The van der Waals surface area contributed by atoms with Gasteiger partial charge in [-0.25, -0.2) is 4.68 Å². The Morgan fingerprint density at radius 1 is 1.22 bits per heavy atom. The first-order valence-corrected chi connectivity index (χ1v) is 10.8. The number of rotatable bonds is 8. The van der Waals surface area contributed by atoms with E-state index in [1.807, 2.05) is 11.6 Å². The summed E-state index contributed by atoms with van der Waals surface area (Å²) in [6, 6.07) is 0.772. The summed E-state index contributed by atoms with van der Waals surface area (Å²) in [4.78, 5) is 15.4. The van der Waals surface area contributed by atoms with Crippen molar-refractivity contribution in [1.29, 1.82) is 0 Å². The molecule has 1 atom stereocenters. The molecule has 2 aliphatic heterocycles. The molecule has 2 aliphatic rings. The second-order valence-electron chi connectivity index (χ2n) is 8.05. The predicted molar refractivity (Wildman–Crippen MR) is 107 cm³/mol. The molecule has 7 heteroatoms. The fourth-order valence-electron chi connectivity index (χ4n) is 4.73. The van der Waals surface area contributed by atoms with Crippen LogP contribution < -0.4 is 10.6 Å². The lowest BCUT2D eigenvalue weighted by molar-refractivity contribution is 0.0912. The number of nitrogens with one attached hydrogen (secondary N) is 2. The smallest absolute Gasteiger partial charge is 0.273 e. The van der Waals surface area contributed by atoms with E-state index in [-0.39, 0.29) is 5.91 Å². The van der Waals surface area contributed by atoms with Gasteiger partial charge in [-0.2, -0.15) is 0 Å². The SMILES string of the molecule is CCC(CC)C(CNC(=O)c1nnn(C2CCNCC2)c1C)N1CCCC1. The van der Waals surface area contributed by atoms with Crippen molar-refractivity contribution in [3.8, 4) is 0 Å². The molecule has 152 valence electrons. The van der Waals surface area contributed by atoms with E-state index in [2.05, 4.69) is 39.7 Å². The van der Waals surface area contributed by atoms with E-state index in [0.717, 1.165) is 57.6 Å². The molecule has 0 spiro atoms. The number of hydrogen-bond donors (Lipinski definition) is 2. The van der Waals surface area contributed by atoms with E-state index in [0.29, 0.717) is 30.2 Å². The molecule has 2 saturated heterocycles. The van der Waals surface area contributed by atoms with Crippen molar-refractivity contribution >= 4 is 5.91 Å². The fraction of sp³-hybridized carbons (Fsp3) is 0.850. The van der Waals surface area contributed by atoms with Crippen LogP contribution in [0.25, 0.3) is 0 Å². The van der Waals surface area contributed by atoms with Crippen LogP contribution in [0.1, 0.15) is 74.6 Å². The van der Waals surface area contributed by atoms with Crippen LogP contribution in [0, 0.1) is 12.8 Å². The van der Waals surface area contributed by atoms with Gasteiger partial charge in [0.2, 0.25) is 0 Å². The van der Waals surface area contributed by atoms with Crippen LogP contribution in [0.5, 0.6) is 0 Å². The van der Waals surface area contributed by atoms with Gasteiger partial charge in [0.15, 0.2) is 5.69 Å². The number of aromatic nitrogens is 3. The lowest BCUT2D eigenvalue weighted by Gasteiger charge is -2.33. The molecule has 0 radical (unpaired) electrons. The highest BCUT2D eigenvalue weighted by molar-refractivity contribution is 5.93. The van der Waals surface area contributed by atoms with Crippen LogP contribution in [-0.4, -0.2) is 64.6 Å². The van der Waals surface area contributed by atoms with Crippen molar-refractivity contribution in [2.24, 2.45) is 5.92 Å². The average Bonchev–Trinajstić information content (AvgIpc) is 3.35. The minimum Gasteiger partial charge on any atom is -0.349 e. The molecule has 3 rings (SSSR count). The second-order valence-corrected chi connectivity index (χ2v) is 8.05. The molecule has 1 unspecified atom stereocenters. The third kappa shape index (κ3) is 4.69. The standard InChI is InChI=1S/C20H36N6O/c1-4-16(5-2)18(25-12-6-7-13-25)14-22-20(27)19-15(3)26(24-23-19)17-8-10-21-11-9-17/h16-18,21H,4-14H2,1-3H3,(H,22,27). The molecule has 0 aromatic carbocycles. The molecule has 27 heavy (non-hydrogen) atoms. The van der Waals surface area contributed by atoms with Crippen LogP contribution in [0.3, 0.4) is 0 Å². The Morgan fingerprint density at radius 2 is 1.89 bits per heavy atom. The van der Waals surface area contributed by atoms with Crippen LogP contribution in [0.15, 0.2) is 0 Å². The van der Waals surface area contributed by atoms with E-state index < -0.39 is 0 Å². The Morgan fingerprint density at radius 3 is 2.52 bits per heavy atom. The molecule has 1 aromatic rings. The molecule has 0 saturated carbocycles. The summed E-state index contributed by atoms with van der Waals surface area (Å²) in [5.41, 5.74) is 1.37. The zero-order valence-electron chi connectivity index (χ0n) is 17.2. The van der Waals surface area contributed by atoms with Gasteiger partial charge in [-0.05, 0) is 64.7 Å². The number of hydrogen-bond acceptors (Lipinski definition) is 5. The van der Waals surface area contributed by atoms with Crippen molar-refractivity contribution in [3.05, 3.63) is 11.4 Å². The predicted octanol–water partition coefficient (Wildman–Crippen LogP) is 2.14. The first kappa shape index (κ1) is 20.3. The second kappa shape index (κ2) is 9.64. The molecule has 2 fully saturated rings. The topological polar surface area (TPSA) is 75.1 Å². The molecular weight excluding hydrogens is 340 g/mol. The molecule has 3 heterocycles. The molecule has 0 bridgehead atoms. The van der Waals surface area contributed by atoms with E-state index >= 15 is 0 Å². The highest BCUT2D eigenvalue weighted by atomic mass is 16.2. The van der Waals surface area contributed by atoms with Crippen LogP contribution in [-0.2, 0) is 0 Å². The maximum Gasteiger partial charge on any atom is 0.273 e. The minimum atomic E-state index is -0.0807. The largest absolute Gasteiger partial charge is 0.349 e. The van der Waals surface area contributed by atoms with Crippen molar-refractivity contribution in [2.45, 2.75) is 71.4 Å². The van der Waals surface area contributed by atoms with E-state index in [9.17, 15) is 4.79 Å². The van der Waals surface area contributed by atoms with Crippen molar-refractivity contribution < 1.29 is 4.79 Å². The summed E-state index contributed by atoms with van der Waals surface area (Å²) in [5, 5.41) is 15.1. The molecule has 2 N–H and O–H groups in total. The lowest BCUT2D eigenvalue weighted by atomic mass is 9.93. The lowest BCUT2D eigenvalue weighted by Crippen LogP contribution is -2.47. The third-order valence-corrected chi connectivity index (χ3v) is 6.47. The van der Waals surface area contributed by atoms with Gasteiger partial charge in [0.05, 0.1) is 11.7 Å². The van der Waals surface area contributed by atoms with E-state index in [1.165, 1.54) is 12.8 Å². The van der Waals surface area contributed by atoms with Gasteiger partial charge in [0, 0.05) is 12.6 Å². The fourth-order valence-corrected chi connectivity index (χ4v) is 4.73. The number of likely N-dealkylation sites (tertiary alicyclic amines) is 1. The first-order chi connectivity index (χ1) is 13.2. The normalized spacial score (nSPS) is 20.3. The molecule has 7 nitrogen and oxygen atoms in total. The van der Waals surface area contributed by atoms with E-state index in [1.54, 1.807) is 0 Å². The quantitative estimate of drug-likeness (QED) is 0.727. The molecule has 0 aliphatic carbocycles. The van der Waals surface area contributed by atoms with Crippen LogP contribution >= 0.6 is 0 Å². The summed E-state index contributed by atoms with van der Waals surface area (Å²) in [7, 11) is 0. The Labute approximate surface area is 163 Å². The number of amides is 1. The summed E-state index contributed by atoms with van der Waals surface area (Å²) in [5.74, 6) is 0.540. The Kier molecular flexibility index (Phi) is 7.24. The highest BCUT2D eigenvalue weighted by Crippen LogP contribution is 2.23. The molecular formula is C20H36N6O. The van der Waals surface area contributed by atoms with Gasteiger partial charge in [-0.1, -0.05) is 31.9 Å². The van der Waals surface area contributed by atoms with Gasteiger partial charge < -0.3 is 10.6 Å². The minimum absolute atomic E-state index is 0.0807. The zero-order valence-corrected chi connectivity index (χ0v) is 17.2. The highest BCUT2D eigenvalue weighted by Gasteiger charge is 2.29. The number of piperidine rings is 1. The average molecular weight is 377 g/mol. The summed E-state index contributed by atoms with van der Waals surface area (Å²) >= 11 is 0. The molecule has 1 aromatic heterocycles. The summed E-state index contributed by atoms with van der Waals surface area (Å²) < 4.78 is 1.95. The van der Waals surface area contributed by atoms with Crippen molar-refractivity contribution in [1.82, 2.24) is 30.5 Å². The number of carbonyl (C=O) groups is 1. The Hall–Kier alpha value is -1.47. The van der Waals surface area contributed by atoms with Crippen molar-refractivity contribution in [3.63, 3.8) is 0 Å². The maximum atomic E-state index is 12.8. The van der Waals surface area contributed by atoms with Gasteiger partial charge in [-0.3, -0.25) is 9.69 Å².